The Kier molecular flexibility index (Phi) is 3.74. The van der Waals surface area contributed by atoms with Gasteiger partial charge in [0, 0.05) is 6.54 Å². The van der Waals surface area contributed by atoms with Gasteiger partial charge < -0.3 is 10.0 Å². The van der Waals surface area contributed by atoms with E-state index in [-0.39, 0.29) is 5.60 Å². The molecule has 1 aliphatic carbocycles. The van der Waals surface area contributed by atoms with Crippen LogP contribution in [0.5, 0.6) is 0 Å². The SMILES string of the molecule is CC(CN(C)C)C1(O)CCCCC1. The van der Waals surface area contributed by atoms with Gasteiger partial charge in [0.25, 0.3) is 0 Å². The summed E-state index contributed by atoms with van der Waals surface area (Å²) < 4.78 is 0. The fourth-order valence-electron chi connectivity index (χ4n) is 2.37. The first-order chi connectivity index (χ1) is 6.04. The van der Waals surface area contributed by atoms with E-state index in [1.807, 2.05) is 0 Å². The highest BCUT2D eigenvalue weighted by molar-refractivity contribution is 4.87. The quantitative estimate of drug-likeness (QED) is 0.725. The minimum atomic E-state index is -0.372. The van der Waals surface area contributed by atoms with Crippen molar-refractivity contribution in [3.05, 3.63) is 0 Å². The molecule has 13 heavy (non-hydrogen) atoms. The third-order valence-electron chi connectivity index (χ3n) is 3.28. The summed E-state index contributed by atoms with van der Waals surface area (Å²) in [5.41, 5.74) is -0.372. The van der Waals surface area contributed by atoms with E-state index >= 15 is 0 Å². The van der Waals surface area contributed by atoms with E-state index in [9.17, 15) is 5.11 Å². The average Bonchev–Trinajstić information content (AvgIpc) is 2.04. The van der Waals surface area contributed by atoms with E-state index in [4.69, 9.17) is 0 Å². The first-order valence-corrected chi connectivity index (χ1v) is 5.42. The van der Waals surface area contributed by atoms with Crippen LogP contribution in [-0.2, 0) is 0 Å². The predicted molar refractivity (Wildman–Crippen MR) is 55.8 cm³/mol. The normalized spacial score (nSPS) is 24.7. The van der Waals surface area contributed by atoms with Gasteiger partial charge in [0.2, 0.25) is 0 Å². The van der Waals surface area contributed by atoms with Crippen LogP contribution < -0.4 is 0 Å². The Balaban J connectivity index is 2.46. The molecule has 2 heteroatoms. The lowest BCUT2D eigenvalue weighted by atomic mass is 9.76. The summed E-state index contributed by atoms with van der Waals surface area (Å²) in [5.74, 6) is 0.405. The highest BCUT2D eigenvalue weighted by atomic mass is 16.3. The molecule has 0 aromatic heterocycles. The van der Waals surface area contributed by atoms with E-state index in [2.05, 4.69) is 25.9 Å². The number of hydrogen-bond donors (Lipinski definition) is 1. The van der Waals surface area contributed by atoms with Crippen LogP contribution in [0, 0.1) is 5.92 Å². The maximum Gasteiger partial charge on any atom is 0.0685 e. The highest BCUT2D eigenvalue weighted by Gasteiger charge is 2.34. The topological polar surface area (TPSA) is 23.5 Å². The molecule has 0 bridgehead atoms. The Hall–Kier alpha value is -0.0800. The monoisotopic (exact) mass is 185 g/mol. The van der Waals surface area contributed by atoms with Gasteiger partial charge >= 0.3 is 0 Å². The van der Waals surface area contributed by atoms with E-state index in [0.29, 0.717) is 5.92 Å². The second kappa shape index (κ2) is 4.43. The Morgan fingerprint density at radius 1 is 1.23 bits per heavy atom. The van der Waals surface area contributed by atoms with Crippen LogP contribution in [0.2, 0.25) is 0 Å². The van der Waals surface area contributed by atoms with Crippen molar-refractivity contribution in [1.82, 2.24) is 4.90 Å². The summed E-state index contributed by atoms with van der Waals surface area (Å²) in [6.45, 7) is 3.17. The molecule has 0 spiro atoms. The third-order valence-corrected chi connectivity index (χ3v) is 3.28. The zero-order valence-electron chi connectivity index (χ0n) is 9.21. The second-order valence-corrected chi connectivity index (χ2v) is 4.83. The highest BCUT2D eigenvalue weighted by Crippen LogP contribution is 2.34. The van der Waals surface area contributed by atoms with Gasteiger partial charge in [-0.3, -0.25) is 0 Å². The first kappa shape index (κ1) is 11.0. The third kappa shape index (κ3) is 2.96. The van der Waals surface area contributed by atoms with Crippen molar-refractivity contribution in [2.45, 2.75) is 44.6 Å². The molecule has 1 unspecified atom stereocenters. The molecule has 0 saturated heterocycles. The Morgan fingerprint density at radius 3 is 2.23 bits per heavy atom. The molecule has 1 atom stereocenters. The van der Waals surface area contributed by atoms with Gasteiger partial charge in [-0.25, -0.2) is 0 Å². The minimum absolute atomic E-state index is 0.372. The van der Waals surface area contributed by atoms with Crippen LogP contribution >= 0.6 is 0 Å². The molecule has 0 heterocycles. The maximum atomic E-state index is 10.4. The molecular weight excluding hydrogens is 162 g/mol. The molecule has 0 aromatic rings. The summed E-state index contributed by atoms with van der Waals surface area (Å²) in [6, 6.07) is 0. The van der Waals surface area contributed by atoms with Gasteiger partial charge in [0.15, 0.2) is 0 Å². The zero-order valence-corrected chi connectivity index (χ0v) is 9.21. The second-order valence-electron chi connectivity index (χ2n) is 4.83. The molecule has 0 radical (unpaired) electrons. The summed E-state index contributed by atoms with van der Waals surface area (Å²) in [4.78, 5) is 2.16. The van der Waals surface area contributed by atoms with Gasteiger partial charge in [-0.1, -0.05) is 26.2 Å². The van der Waals surface area contributed by atoms with Crippen molar-refractivity contribution in [3.8, 4) is 0 Å². The predicted octanol–water partition coefficient (Wildman–Crippen LogP) is 1.88. The smallest absolute Gasteiger partial charge is 0.0685 e. The van der Waals surface area contributed by atoms with Crippen molar-refractivity contribution in [2.24, 2.45) is 5.92 Å². The van der Waals surface area contributed by atoms with Crippen molar-refractivity contribution in [1.29, 1.82) is 0 Å². The fourth-order valence-corrected chi connectivity index (χ4v) is 2.37. The molecule has 1 N–H and O–H groups in total. The zero-order chi connectivity index (χ0) is 9.90. The summed E-state index contributed by atoms with van der Waals surface area (Å²) in [6.07, 6.45) is 5.71. The van der Waals surface area contributed by atoms with Gasteiger partial charge in [-0.05, 0) is 32.9 Å². The van der Waals surface area contributed by atoms with Gasteiger partial charge in [-0.2, -0.15) is 0 Å². The molecule has 0 amide bonds. The van der Waals surface area contributed by atoms with Gasteiger partial charge in [0.05, 0.1) is 5.60 Å². The Labute approximate surface area is 81.9 Å². The minimum Gasteiger partial charge on any atom is -0.390 e. The Bertz CT molecular complexity index is 150. The van der Waals surface area contributed by atoms with E-state index in [1.54, 1.807) is 0 Å². The van der Waals surface area contributed by atoms with Crippen molar-refractivity contribution < 1.29 is 5.11 Å². The molecule has 1 aliphatic rings. The maximum absolute atomic E-state index is 10.4. The molecule has 1 rings (SSSR count). The summed E-state index contributed by atoms with van der Waals surface area (Å²) >= 11 is 0. The van der Waals surface area contributed by atoms with E-state index in [0.717, 1.165) is 19.4 Å². The molecule has 1 saturated carbocycles. The number of aliphatic hydroxyl groups is 1. The fraction of sp³-hybridized carbons (Fsp3) is 1.00. The molecule has 78 valence electrons. The first-order valence-electron chi connectivity index (χ1n) is 5.42. The molecule has 1 fully saturated rings. The molecule has 0 aliphatic heterocycles. The van der Waals surface area contributed by atoms with E-state index in [1.165, 1.54) is 19.3 Å². The number of nitrogens with zero attached hydrogens (tertiary/aromatic N) is 1. The van der Waals surface area contributed by atoms with Crippen LogP contribution in [0.1, 0.15) is 39.0 Å². The lowest BCUT2D eigenvalue weighted by molar-refractivity contribution is -0.0495. The average molecular weight is 185 g/mol. The standard InChI is InChI=1S/C11H23NO/c1-10(9-12(2)3)11(13)7-5-4-6-8-11/h10,13H,4-9H2,1-3H3. The van der Waals surface area contributed by atoms with Gasteiger partial charge in [0.1, 0.15) is 0 Å². The number of rotatable bonds is 3. The van der Waals surface area contributed by atoms with Crippen LogP contribution in [-0.4, -0.2) is 36.2 Å². The van der Waals surface area contributed by atoms with Crippen LogP contribution in [0.3, 0.4) is 0 Å². The van der Waals surface area contributed by atoms with Gasteiger partial charge in [-0.15, -0.1) is 0 Å². The number of hydrogen-bond acceptors (Lipinski definition) is 2. The molecular formula is C11H23NO. The lowest BCUT2D eigenvalue weighted by Crippen LogP contribution is -2.42. The summed E-state index contributed by atoms with van der Waals surface area (Å²) in [5, 5.41) is 10.4. The Morgan fingerprint density at radius 2 is 1.77 bits per heavy atom. The van der Waals surface area contributed by atoms with Crippen LogP contribution in [0.15, 0.2) is 0 Å². The van der Waals surface area contributed by atoms with Crippen LogP contribution in [0.25, 0.3) is 0 Å². The molecule has 0 aromatic carbocycles. The van der Waals surface area contributed by atoms with Crippen molar-refractivity contribution in [3.63, 3.8) is 0 Å². The van der Waals surface area contributed by atoms with Crippen LogP contribution in [0.4, 0.5) is 0 Å². The molecule has 2 nitrogen and oxygen atoms in total. The van der Waals surface area contributed by atoms with Crippen molar-refractivity contribution in [2.75, 3.05) is 20.6 Å². The van der Waals surface area contributed by atoms with E-state index < -0.39 is 0 Å². The van der Waals surface area contributed by atoms with Crippen molar-refractivity contribution >= 4 is 0 Å². The largest absolute Gasteiger partial charge is 0.390 e. The lowest BCUT2D eigenvalue weighted by Gasteiger charge is -2.38. The summed E-state index contributed by atoms with van der Waals surface area (Å²) in [7, 11) is 4.14.